The molecule has 0 aromatic carbocycles. The topological polar surface area (TPSA) is 81.4 Å². The van der Waals surface area contributed by atoms with Crippen molar-refractivity contribution >= 4 is 11.9 Å². The molecule has 1 aliphatic carbocycles. The number of hydrogen-bond acceptors (Lipinski definition) is 4. The molecule has 5 heteroatoms. The van der Waals surface area contributed by atoms with Crippen molar-refractivity contribution in [2.24, 2.45) is 29.4 Å². The fraction of sp³-hybridized carbons (Fsp3) is 0.895. The fourth-order valence-corrected chi connectivity index (χ4v) is 3.79. The van der Waals surface area contributed by atoms with Gasteiger partial charge < -0.3 is 15.8 Å². The minimum Gasteiger partial charge on any atom is -0.462 e. The van der Waals surface area contributed by atoms with Crippen LogP contribution in [0, 0.1) is 23.7 Å². The molecule has 0 bridgehead atoms. The van der Waals surface area contributed by atoms with Gasteiger partial charge in [-0.2, -0.15) is 0 Å². The maximum Gasteiger partial charge on any atom is 0.306 e. The molecule has 140 valence electrons. The number of carbonyl (C=O) groups is 2. The predicted molar refractivity (Wildman–Crippen MR) is 96.3 cm³/mol. The number of carbonyl (C=O) groups excluding carboxylic acids is 2. The van der Waals surface area contributed by atoms with Crippen molar-refractivity contribution in [2.45, 2.75) is 72.3 Å². The molecule has 1 unspecified atom stereocenters. The van der Waals surface area contributed by atoms with E-state index in [1.165, 1.54) is 6.42 Å². The molecule has 1 amide bonds. The zero-order valence-electron chi connectivity index (χ0n) is 15.8. The lowest BCUT2D eigenvalue weighted by molar-refractivity contribution is -0.157. The van der Waals surface area contributed by atoms with E-state index in [9.17, 15) is 9.59 Å². The van der Waals surface area contributed by atoms with Crippen LogP contribution in [0.15, 0.2) is 0 Å². The van der Waals surface area contributed by atoms with Crippen LogP contribution in [0.2, 0.25) is 0 Å². The van der Waals surface area contributed by atoms with Crippen LogP contribution in [-0.4, -0.2) is 31.1 Å². The molecule has 5 nitrogen and oxygen atoms in total. The number of esters is 1. The smallest absolute Gasteiger partial charge is 0.306 e. The summed E-state index contributed by atoms with van der Waals surface area (Å²) < 4.78 is 5.88. The first kappa shape index (κ1) is 20.9. The van der Waals surface area contributed by atoms with Crippen molar-refractivity contribution in [1.82, 2.24) is 5.32 Å². The van der Waals surface area contributed by atoms with Crippen LogP contribution < -0.4 is 11.1 Å². The minimum absolute atomic E-state index is 0.0575. The molecule has 1 aliphatic rings. The van der Waals surface area contributed by atoms with Gasteiger partial charge in [0.15, 0.2) is 0 Å². The highest BCUT2D eigenvalue weighted by atomic mass is 16.5. The Kier molecular flexibility index (Phi) is 9.34. The largest absolute Gasteiger partial charge is 0.462 e. The average Bonchev–Trinajstić information content (AvgIpc) is 2.46. The van der Waals surface area contributed by atoms with Crippen molar-refractivity contribution in [3.05, 3.63) is 0 Å². The van der Waals surface area contributed by atoms with Crippen molar-refractivity contribution in [3.63, 3.8) is 0 Å². The summed E-state index contributed by atoms with van der Waals surface area (Å²) in [5.41, 5.74) is 5.14. The first-order valence-electron chi connectivity index (χ1n) is 9.51. The summed E-state index contributed by atoms with van der Waals surface area (Å²) in [5, 5.41) is 3.03. The molecule has 0 aromatic rings. The summed E-state index contributed by atoms with van der Waals surface area (Å²) in [7, 11) is 0. The predicted octanol–water partition coefficient (Wildman–Crippen LogP) is 2.87. The van der Waals surface area contributed by atoms with Crippen molar-refractivity contribution < 1.29 is 14.3 Å². The lowest BCUT2D eigenvalue weighted by atomic mass is 9.75. The Bertz CT molecular complexity index is 398. The SMILES string of the molecule is CCCC(CNCC(N)=O)CC(=O)O[C@@H]1C[C@H](C)CC[C@H]1C(C)C. The van der Waals surface area contributed by atoms with Gasteiger partial charge in [-0.05, 0) is 49.5 Å². The Morgan fingerprint density at radius 2 is 2.00 bits per heavy atom. The van der Waals surface area contributed by atoms with Gasteiger partial charge in [0.2, 0.25) is 5.91 Å². The van der Waals surface area contributed by atoms with Crippen molar-refractivity contribution in [1.29, 1.82) is 0 Å². The third kappa shape index (κ3) is 7.65. The molecule has 0 radical (unpaired) electrons. The molecule has 1 saturated carbocycles. The number of ether oxygens (including phenoxy) is 1. The van der Waals surface area contributed by atoms with E-state index < -0.39 is 0 Å². The van der Waals surface area contributed by atoms with E-state index in [1.807, 2.05) is 0 Å². The quantitative estimate of drug-likeness (QED) is 0.599. The number of nitrogens with one attached hydrogen (secondary N) is 1. The van der Waals surface area contributed by atoms with E-state index >= 15 is 0 Å². The zero-order chi connectivity index (χ0) is 18.1. The minimum atomic E-state index is -0.371. The first-order valence-corrected chi connectivity index (χ1v) is 9.51. The summed E-state index contributed by atoms with van der Waals surface area (Å²) in [6.45, 7) is 9.56. The Balaban J connectivity index is 2.51. The summed E-state index contributed by atoms with van der Waals surface area (Å²) in [5.74, 6) is 1.37. The molecule has 4 atom stereocenters. The van der Waals surface area contributed by atoms with Crippen molar-refractivity contribution in [3.8, 4) is 0 Å². The second kappa shape index (κ2) is 10.7. The van der Waals surface area contributed by atoms with Crippen LogP contribution in [0.3, 0.4) is 0 Å². The van der Waals surface area contributed by atoms with Gasteiger partial charge >= 0.3 is 5.97 Å². The normalized spacial score (nSPS) is 25.5. The van der Waals surface area contributed by atoms with E-state index in [0.29, 0.717) is 30.7 Å². The standard InChI is InChI=1S/C19H36N2O3/c1-5-6-15(11-21-12-18(20)22)10-19(23)24-17-9-14(4)7-8-16(17)13(2)3/h13-17,21H,5-12H2,1-4H3,(H2,20,22)/t14-,15?,16+,17-/m1/s1. The summed E-state index contributed by atoms with van der Waals surface area (Å²) >= 11 is 0. The molecular weight excluding hydrogens is 304 g/mol. The second-order valence-corrected chi connectivity index (χ2v) is 7.81. The molecule has 1 fully saturated rings. The highest BCUT2D eigenvalue weighted by Crippen LogP contribution is 2.35. The zero-order valence-corrected chi connectivity index (χ0v) is 15.8. The average molecular weight is 341 g/mol. The molecule has 0 aliphatic heterocycles. The van der Waals surface area contributed by atoms with Gasteiger partial charge in [0.1, 0.15) is 6.10 Å². The van der Waals surface area contributed by atoms with Gasteiger partial charge in [-0.15, -0.1) is 0 Å². The number of hydrogen-bond donors (Lipinski definition) is 2. The van der Waals surface area contributed by atoms with Crippen LogP contribution in [0.25, 0.3) is 0 Å². The van der Waals surface area contributed by atoms with Crippen LogP contribution in [0.5, 0.6) is 0 Å². The summed E-state index contributed by atoms with van der Waals surface area (Å²) in [4.78, 5) is 23.2. The van der Waals surface area contributed by atoms with Gasteiger partial charge in [-0.3, -0.25) is 9.59 Å². The van der Waals surface area contributed by atoms with Crippen molar-refractivity contribution in [2.75, 3.05) is 13.1 Å². The highest BCUT2D eigenvalue weighted by Gasteiger charge is 2.33. The van der Waals surface area contributed by atoms with Crippen LogP contribution in [0.1, 0.15) is 66.2 Å². The third-order valence-corrected chi connectivity index (χ3v) is 5.13. The lowest BCUT2D eigenvalue weighted by Gasteiger charge is -2.37. The second-order valence-electron chi connectivity index (χ2n) is 7.81. The lowest BCUT2D eigenvalue weighted by Crippen LogP contribution is -2.37. The van der Waals surface area contributed by atoms with Gasteiger partial charge in [0.05, 0.1) is 6.54 Å². The van der Waals surface area contributed by atoms with E-state index in [-0.39, 0.29) is 30.4 Å². The molecule has 24 heavy (non-hydrogen) atoms. The van der Waals surface area contributed by atoms with E-state index in [2.05, 4.69) is 33.0 Å². The number of primary amides is 1. The number of nitrogens with two attached hydrogens (primary N) is 1. The molecule has 1 rings (SSSR count). The Morgan fingerprint density at radius 3 is 2.58 bits per heavy atom. The molecule has 0 heterocycles. The molecular formula is C19H36N2O3. The number of amides is 1. The maximum atomic E-state index is 12.4. The number of rotatable bonds is 10. The monoisotopic (exact) mass is 340 g/mol. The van der Waals surface area contributed by atoms with E-state index in [0.717, 1.165) is 25.7 Å². The van der Waals surface area contributed by atoms with Crippen LogP contribution in [0.4, 0.5) is 0 Å². The Labute approximate surface area is 147 Å². The van der Waals surface area contributed by atoms with Gasteiger partial charge in [-0.1, -0.05) is 40.5 Å². The summed E-state index contributed by atoms with van der Waals surface area (Å²) in [6.07, 6.45) is 5.77. The summed E-state index contributed by atoms with van der Waals surface area (Å²) in [6, 6.07) is 0. The molecule has 0 aromatic heterocycles. The molecule has 3 N–H and O–H groups in total. The third-order valence-electron chi connectivity index (χ3n) is 5.13. The van der Waals surface area contributed by atoms with E-state index in [1.54, 1.807) is 0 Å². The fourth-order valence-electron chi connectivity index (χ4n) is 3.79. The van der Waals surface area contributed by atoms with E-state index in [4.69, 9.17) is 10.5 Å². The van der Waals surface area contributed by atoms with Gasteiger partial charge in [0, 0.05) is 6.42 Å². The molecule has 0 saturated heterocycles. The highest BCUT2D eigenvalue weighted by molar-refractivity contribution is 5.75. The Hall–Kier alpha value is -1.10. The maximum absolute atomic E-state index is 12.4. The van der Waals surface area contributed by atoms with Gasteiger partial charge in [-0.25, -0.2) is 0 Å². The van der Waals surface area contributed by atoms with Crippen LogP contribution in [-0.2, 0) is 14.3 Å². The van der Waals surface area contributed by atoms with Crippen LogP contribution >= 0.6 is 0 Å². The Morgan fingerprint density at radius 1 is 1.29 bits per heavy atom. The van der Waals surface area contributed by atoms with Gasteiger partial charge in [0.25, 0.3) is 0 Å². The molecule has 0 spiro atoms. The first-order chi connectivity index (χ1) is 11.3.